The summed E-state index contributed by atoms with van der Waals surface area (Å²) in [5, 5.41) is 5.49. The first-order valence-electron chi connectivity index (χ1n) is 9.03. The van der Waals surface area contributed by atoms with Crippen LogP contribution >= 0.6 is 36.2 Å². The van der Waals surface area contributed by atoms with Gasteiger partial charge >= 0.3 is 0 Å². The van der Waals surface area contributed by atoms with Crippen LogP contribution < -0.4 is 5.32 Å². The van der Waals surface area contributed by atoms with Gasteiger partial charge in [0.1, 0.15) is 0 Å². The van der Waals surface area contributed by atoms with Crippen molar-refractivity contribution >= 4 is 42.1 Å². The lowest BCUT2D eigenvalue weighted by Crippen LogP contribution is -2.47. The van der Waals surface area contributed by atoms with Crippen LogP contribution in [0.1, 0.15) is 41.8 Å². The van der Waals surface area contributed by atoms with Crippen LogP contribution in [0.15, 0.2) is 17.5 Å². The summed E-state index contributed by atoms with van der Waals surface area (Å²) in [7, 11) is 0. The summed E-state index contributed by atoms with van der Waals surface area (Å²) in [5.41, 5.74) is 0.592. The third kappa shape index (κ3) is 4.51. The number of likely N-dealkylation sites (tertiary alicyclic amines) is 2. The molecule has 0 aliphatic carbocycles. The fourth-order valence-corrected chi connectivity index (χ4v) is 5.33. The number of nitrogens with zero attached hydrogens (tertiary/aromatic N) is 2. The Labute approximate surface area is 167 Å². The summed E-state index contributed by atoms with van der Waals surface area (Å²) in [6.45, 7) is 6.80. The van der Waals surface area contributed by atoms with E-state index in [0.717, 1.165) is 30.8 Å². The van der Waals surface area contributed by atoms with Gasteiger partial charge in [-0.3, -0.25) is 9.69 Å². The Morgan fingerprint density at radius 1 is 1.12 bits per heavy atom. The minimum absolute atomic E-state index is 0. The Morgan fingerprint density at radius 2 is 1.84 bits per heavy atom. The highest BCUT2D eigenvalue weighted by atomic mass is 35.5. The van der Waals surface area contributed by atoms with Gasteiger partial charge < -0.3 is 10.2 Å². The fourth-order valence-electron chi connectivity index (χ4n) is 4.64. The lowest BCUT2D eigenvalue weighted by molar-refractivity contribution is 0.0629. The number of rotatable bonds is 2. The van der Waals surface area contributed by atoms with E-state index in [0.29, 0.717) is 11.5 Å². The summed E-state index contributed by atoms with van der Waals surface area (Å²) >= 11 is 1.56. The number of halogens is 2. The summed E-state index contributed by atoms with van der Waals surface area (Å²) in [6, 6.07) is 4.60. The number of thiophene rings is 1. The first-order chi connectivity index (χ1) is 11.3. The Balaban J connectivity index is 0.00000113. The van der Waals surface area contributed by atoms with Crippen LogP contribution in [0, 0.1) is 5.41 Å². The van der Waals surface area contributed by atoms with Gasteiger partial charge in [0.2, 0.25) is 0 Å². The van der Waals surface area contributed by atoms with E-state index in [-0.39, 0.29) is 30.7 Å². The Morgan fingerprint density at radius 3 is 2.48 bits per heavy atom. The van der Waals surface area contributed by atoms with Crippen molar-refractivity contribution < 1.29 is 4.79 Å². The number of hydrogen-bond donors (Lipinski definition) is 1. The third-order valence-electron chi connectivity index (χ3n) is 6.13. The van der Waals surface area contributed by atoms with Gasteiger partial charge in [-0.2, -0.15) is 0 Å². The number of piperidine rings is 2. The maximum absolute atomic E-state index is 12.4. The lowest BCUT2D eigenvalue weighted by atomic mass is 9.78. The normalized spacial score (nSPS) is 23.9. The second-order valence-corrected chi connectivity index (χ2v) is 8.42. The smallest absolute Gasteiger partial charge is 0.263 e. The molecule has 3 fully saturated rings. The van der Waals surface area contributed by atoms with Crippen LogP contribution in [-0.2, 0) is 0 Å². The SMILES string of the molecule is Cl.Cl.O=C(c1cccs1)N1CCC(N2CCC3(CCNCC3)C2)CC1. The molecule has 142 valence electrons. The van der Waals surface area contributed by atoms with Crippen LogP contribution in [0.4, 0.5) is 0 Å². The summed E-state index contributed by atoms with van der Waals surface area (Å²) in [6.07, 6.45) is 6.36. The highest BCUT2D eigenvalue weighted by Crippen LogP contribution is 2.40. The molecule has 3 aliphatic rings. The molecule has 1 amide bonds. The highest BCUT2D eigenvalue weighted by molar-refractivity contribution is 7.12. The van der Waals surface area contributed by atoms with Gasteiger partial charge in [0.25, 0.3) is 5.91 Å². The Bertz CT molecular complexity index is 541. The monoisotopic (exact) mass is 405 g/mol. The van der Waals surface area contributed by atoms with E-state index >= 15 is 0 Å². The molecule has 4 heterocycles. The summed E-state index contributed by atoms with van der Waals surface area (Å²) < 4.78 is 0. The molecule has 0 atom stereocenters. The molecule has 0 unspecified atom stereocenters. The molecular weight excluding hydrogens is 377 g/mol. The van der Waals surface area contributed by atoms with E-state index in [9.17, 15) is 4.79 Å². The number of carbonyl (C=O) groups is 1. The summed E-state index contributed by atoms with van der Waals surface area (Å²) in [4.78, 5) is 18.1. The number of amides is 1. The molecule has 4 rings (SSSR count). The quantitative estimate of drug-likeness (QED) is 0.819. The minimum atomic E-state index is 0. The van der Waals surface area contributed by atoms with Crippen molar-refractivity contribution in [3.05, 3.63) is 22.4 Å². The van der Waals surface area contributed by atoms with E-state index in [1.807, 2.05) is 17.5 Å². The molecule has 3 aliphatic heterocycles. The molecule has 0 aromatic carbocycles. The predicted octanol–water partition coefficient (Wildman–Crippen LogP) is 3.27. The van der Waals surface area contributed by atoms with Crippen LogP contribution in [0.2, 0.25) is 0 Å². The van der Waals surface area contributed by atoms with Crippen LogP contribution in [0.5, 0.6) is 0 Å². The first kappa shape index (κ1) is 21.0. The third-order valence-corrected chi connectivity index (χ3v) is 6.99. The fraction of sp³-hybridized carbons (Fsp3) is 0.722. The van der Waals surface area contributed by atoms with E-state index in [4.69, 9.17) is 0 Å². The minimum Gasteiger partial charge on any atom is -0.338 e. The topological polar surface area (TPSA) is 35.6 Å². The first-order valence-corrected chi connectivity index (χ1v) is 9.91. The van der Waals surface area contributed by atoms with Crippen molar-refractivity contribution in [1.82, 2.24) is 15.1 Å². The van der Waals surface area contributed by atoms with Crippen molar-refractivity contribution in [2.45, 2.75) is 38.1 Å². The maximum atomic E-state index is 12.4. The molecule has 7 heteroatoms. The molecule has 1 spiro atoms. The molecule has 1 aromatic rings. The van der Waals surface area contributed by atoms with Gasteiger partial charge in [0.15, 0.2) is 0 Å². The van der Waals surface area contributed by atoms with Crippen molar-refractivity contribution in [3.63, 3.8) is 0 Å². The highest BCUT2D eigenvalue weighted by Gasteiger charge is 2.41. The van der Waals surface area contributed by atoms with E-state index in [2.05, 4.69) is 15.1 Å². The zero-order valence-electron chi connectivity index (χ0n) is 14.6. The van der Waals surface area contributed by atoms with Crippen molar-refractivity contribution in [2.75, 3.05) is 39.3 Å². The molecule has 3 saturated heterocycles. The molecule has 1 aromatic heterocycles. The van der Waals surface area contributed by atoms with E-state index < -0.39 is 0 Å². The van der Waals surface area contributed by atoms with Gasteiger partial charge in [0, 0.05) is 25.7 Å². The molecule has 0 bridgehead atoms. The van der Waals surface area contributed by atoms with E-state index in [1.54, 1.807) is 11.3 Å². The number of nitrogens with one attached hydrogen (secondary N) is 1. The van der Waals surface area contributed by atoms with Gasteiger partial charge in [-0.25, -0.2) is 0 Å². The molecule has 0 saturated carbocycles. The Hall–Kier alpha value is -0.330. The second-order valence-electron chi connectivity index (χ2n) is 7.47. The molecule has 1 N–H and O–H groups in total. The van der Waals surface area contributed by atoms with E-state index in [1.165, 1.54) is 45.4 Å². The zero-order chi connectivity index (χ0) is 15.7. The maximum Gasteiger partial charge on any atom is 0.263 e. The molecule has 0 radical (unpaired) electrons. The summed E-state index contributed by atoms with van der Waals surface area (Å²) in [5.74, 6) is 0.231. The van der Waals surface area contributed by atoms with Gasteiger partial charge in [-0.15, -0.1) is 36.2 Å². The van der Waals surface area contributed by atoms with Crippen LogP contribution in [-0.4, -0.2) is 61.0 Å². The average molecular weight is 406 g/mol. The Kier molecular flexibility index (Phi) is 7.59. The zero-order valence-corrected chi connectivity index (χ0v) is 17.1. The van der Waals surface area contributed by atoms with Gasteiger partial charge in [0.05, 0.1) is 4.88 Å². The number of hydrogen-bond acceptors (Lipinski definition) is 4. The van der Waals surface area contributed by atoms with Gasteiger partial charge in [-0.05, 0) is 68.6 Å². The van der Waals surface area contributed by atoms with Gasteiger partial charge in [-0.1, -0.05) is 6.07 Å². The lowest BCUT2D eigenvalue weighted by Gasteiger charge is -2.39. The van der Waals surface area contributed by atoms with Crippen molar-refractivity contribution in [1.29, 1.82) is 0 Å². The predicted molar refractivity (Wildman–Crippen MR) is 108 cm³/mol. The molecule has 25 heavy (non-hydrogen) atoms. The molecule has 4 nitrogen and oxygen atoms in total. The van der Waals surface area contributed by atoms with Crippen LogP contribution in [0.25, 0.3) is 0 Å². The van der Waals surface area contributed by atoms with Crippen molar-refractivity contribution in [3.8, 4) is 0 Å². The second kappa shape index (κ2) is 9.05. The van der Waals surface area contributed by atoms with Crippen molar-refractivity contribution in [2.24, 2.45) is 5.41 Å². The van der Waals surface area contributed by atoms with Crippen LogP contribution in [0.3, 0.4) is 0 Å². The standard InChI is InChI=1S/C18H27N3OS.2ClH/c22-17(16-2-1-13-23-16)20-10-3-15(4-11-20)21-12-7-18(14-21)5-8-19-9-6-18;;/h1-2,13,15,19H,3-12,14H2;2*1H. The molecular formula is C18H29Cl2N3OS. The largest absolute Gasteiger partial charge is 0.338 e. The average Bonchev–Trinajstić information content (AvgIpc) is 3.26. The number of carbonyl (C=O) groups excluding carboxylic acids is 1.